The molecule has 0 aliphatic carbocycles. The second-order valence-corrected chi connectivity index (χ2v) is 10.0. The Morgan fingerprint density at radius 3 is 1.20 bits per heavy atom. The summed E-state index contributed by atoms with van der Waals surface area (Å²) in [6, 6.07) is 15.4. The average molecular weight is 454 g/mol. The first-order valence-electron chi connectivity index (χ1n) is 10.1. The van der Waals surface area contributed by atoms with Crippen LogP contribution >= 0.6 is 15.1 Å². The molecular formula is C22H32O6P2. The van der Waals surface area contributed by atoms with Gasteiger partial charge in [-0.2, -0.15) is 0 Å². The van der Waals surface area contributed by atoms with Crippen LogP contribution in [0.5, 0.6) is 0 Å². The lowest BCUT2D eigenvalue weighted by atomic mass is 9.97. The topological polar surface area (TPSA) is 77.4 Å². The number of rotatable bonds is 11. The molecular weight excluding hydrogens is 422 g/mol. The zero-order valence-electron chi connectivity index (χ0n) is 18.0. The predicted octanol–water partition coefficient (Wildman–Crippen LogP) is 5.31. The molecule has 2 aromatic carbocycles. The van der Waals surface area contributed by atoms with Gasteiger partial charge < -0.3 is 27.9 Å². The van der Waals surface area contributed by atoms with Crippen LogP contribution < -0.4 is 0 Å². The molecule has 0 amide bonds. The lowest BCUT2D eigenvalue weighted by Crippen LogP contribution is -2.02. The van der Waals surface area contributed by atoms with E-state index >= 15 is 0 Å². The van der Waals surface area contributed by atoms with Crippen molar-refractivity contribution in [2.45, 2.75) is 27.7 Å². The van der Waals surface area contributed by atoms with E-state index in [1.165, 1.54) is 0 Å². The molecule has 166 valence electrons. The van der Waals surface area contributed by atoms with Crippen LogP contribution in [-0.4, -0.2) is 47.8 Å². The van der Waals surface area contributed by atoms with Gasteiger partial charge in [0, 0.05) is 11.6 Å². The highest BCUT2D eigenvalue weighted by molar-refractivity contribution is 7.60. The van der Waals surface area contributed by atoms with Gasteiger partial charge in [0.1, 0.15) is 0 Å². The van der Waals surface area contributed by atoms with Crippen molar-refractivity contribution in [3.05, 3.63) is 59.7 Å². The monoisotopic (exact) mass is 454 g/mol. The fourth-order valence-electron chi connectivity index (χ4n) is 3.02. The minimum atomic E-state index is -3.14. The lowest BCUT2D eigenvalue weighted by Gasteiger charge is -2.20. The summed E-state index contributed by atoms with van der Waals surface area (Å²) in [6.07, 6.45) is 0. The predicted molar refractivity (Wildman–Crippen MR) is 127 cm³/mol. The normalized spacial score (nSPS) is 12.1. The average Bonchev–Trinajstić information content (AvgIpc) is 2.69. The van der Waals surface area contributed by atoms with Gasteiger partial charge in [0.05, 0.1) is 26.4 Å². The van der Waals surface area contributed by atoms with Crippen LogP contribution in [-0.2, 0) is 18.1 Å². The number of hydrogen-bond acceptors (Lipinski definition) is 6. The summed E-state index contributed by atoms with van der Waals surface area (Å²) in [4.78, 5) is 21.7. The molecule has 0 aliphatic rings. The maximum absolute atomic E-state index is 10.9. The zero-order chi connectivity index (χ0) is 22.0. The van der Waals surface area contributed by atoms with Gasteiger partial charge in [0.15, 0.2) is 0 Å². The van der Waals surface area contributed by atoms with Crippen LogP contribution in [0.1, 0.15) is 38.8 Å². The van der Waals surface area contributed by atoms with E-state index in [0.717, 1.165) is 22.3 Å². The Kier molecular flexibility index (Phi) is 10.0. The van der Waals surface area contributed by atoms with E-state index in [2.05, 4.69) is 0 Å². The lowest BCUT2D eigenvalue weighted by molar-refractivity contribution is 0.209. The molecule has 0 atom stereocenters. The number of benzene rings is 2. The van der Waals surface area contributed by atoms with E-state index < -0.39 is 15.1 Å². The summed E-state index contributed by atoms with van der Waals surface area (Å²) < 4.78 is 22.2. The molecule has 0 fully saturated rings. The van der Waals surface area contributed by atoms with Crippen molar-refractivity contribution in [3.8, 4) is 11.1 Å². The zero-order valence-corrected chi connectivity index (χ0v) is 19.8. The van der Waals surface area contributed by atoms with Crippen molar-refractivity contribution in [2.24, 2.45) is 0 Å². The smallest absolute Gasteiger partial charge is 0.255 e. The summed E-state index contributed by atoms with van der Waals surface area (Å²) in [7, 11) is -6.29. The van der Waals surface area contributed by atoms with Crippen LogP contribution in [0.4, 0.5) is 0 Å². The van der Waals surface area contributed by atoms with Crippen LogP contribution in [0, 0.1) is 0 Å². The highest BCUT2D eigenvalue weighted by Gasteiger charge is 2.19. The molecule has 0 radical (unpaired) electrons. The van der Waals surface area contributed by atoms with E-state index in [0.29, 0.717) is 26.4 Å². The third kappa shape index (κ3) is 6.91. The number of hydrogen-bond donors (Lipinski definition) is 2. The van der Waals surface area contributed by atoms with Crippen molar-refractivity contribution in [3.63, 3.8) is 0 Å². The Morgan fingerprint density at radius 1 is 0.600 bits per heavy atom. The van der Waals surface area contributed by atoms with Crippen LogP contribution in [0.2, 0.25) is 0 Å². The molecule has 30 heavy (non-hydrogen) atoms. The van der Waals surface area contributed by atoms with Gasteiger partial charge in [-0.1, -0.05) is 48.5 Å². The van der Waals surface area contributed by atoms with Crippen LogP contribution in [0.25, 0.3) is 11.1 Å². The SMILES string of the molecule is CCOP(O)(=Cc1ccccc1-c1ccccc1C=P(O)(OCC)OCC)OCC. The highest BCUT2D eigenvalue weighted by Crippen LogP contribution is 2.47. The quantitative estimate of drug-likeness (QED) is 0.448. The van der Waals surface area contributed by atoms with E-state index in [9.17, 15) is 9.79 Å². The van der Waals surface area contributed by atoms with Crippen molar-refractivity contribution in [1.82, 2.24) is 0 Å². The van der Waals surface area contributed by atoms with E-state index in [4.69, 9.17) is 18.1 Å². The van der Waals surface area contributed by atoms with Gasteiger partial charge in [-0.3, -0.25) is 0 Å². The first-order valence-corrected chi connectivity index (χ1v) is 13.4. The third-order valence-corrected chi connectivity index (χ3v) is 7.79. The molecule has 0 saturated carbocycles. The molecule has 0 saturated heterocycles. The summed E-state index contributed by atoms with van der Waals surface area (Å²) in [6.45, 7) is 8.64. The second kappa shape index (κ2) is 12.0. The highest BCUT2D eigenvalue weighted by atomic mass is 31.2. The maximum Gasteiger partial charge on any atom is 0.255 e. The van der Waals surface area contributed by atoms with Gasteiger partial charge in [-0.15, -0.1) is 0 Å². The summed E-state index contributed by atoms with van der Waals surface area (Å²) >= 11 is 0. The Bertz CT molecular complexity index is 830. The maximum atomic E-state index is 10.9. The fourth-order valence-corrected chi connectivity index (χ4v) is 6.11. The summed E-state index contributed by atoms with van der Waals surface area (Å²) in [5, 5.41) is 0. The molecule has 6 nitrogen and oxygen atoms in total. The Morgan fingerprint density at radius 2 is 0.900 bits per heavy atom. The fraction of sp³-hybridized carbons (Fsp3) is 0.364. The molecule has 2 rings (SSSR count). The van der Waals surface area contributed by atoms with Crippen LogP contribution in [0.15, 0.2) is 48.5 Å². The van der Waals surface area contributed by atoms with Crippen molar-refractivity contribution < 1.29 is 27.9 Å². The van der Waals surface area contributed by atoms with Crippen molar-refractivity contribution >= 4 is 26.7 Å². The second-order valence-electron chi connectivity index (χ2n) is 6.23. The Hall–Kier alpha value is -1.20. The standard InChI is InChI=1S/C22H32O6P2/c1-5-25-29(23,26-6-2)17-19-13-9-11-15-21(19)22-16-12-10-14-20(22)18-30(24,27-7-3)28-8-4/h9-18,23-24H,5-8H2,1-4H3. The Labute approximate surface area is 179 Å². The van der Waals surface area contributed by atoms with E-state index in [-0.39, 0.29) is 0 Å². The molecule has 0 spiro atoms. The summed E-state index contributed by atoms with van der Waals surface area (Å²) in [5.41, 5.74) is 3.32. The molecule has 0 heterocycles. The molecule has 0 aliphatic heterocycles. The Balaban J connectivity index is 2.66. The minimum absolute atomic E-state index is 0.341. The molecule has 8 heteroatoms. The van der Waals surface area contributed by atoms with Gasteiger partial charge in [0.25, 0.3) is 15.1 Å². The molecule has 2 aromatic rings. The van der Waals surface area contributed by atoms with Gasteiger partial charge in [-0.05, 0) is 49.9 Å². The van der Waals surface area contributed by atoms with E-state index in [1.54, 1.807) is 11.6 Å². The largest absolute Gasteiger partial charge is 0.333 e. The van der Waals surface area contributed by atoms with Gasteiger partial charge in [0.2, 0.25) is 0 Å². The molecule has 0 aromatic heterocycles. The van der Waals surface area contributed by atoms with E-state index in [1.807, 2.05) is 76.2 Å². The van der Waals surface area contributed by atoms with Gasteiger partial charge in [-0.25, -0.2) is 0 Å². The molecule has 2 N–H and O–H groups in total. The van der Waals surface area contributed by atoms with Crippen LogP contribution in [0.3, 0.4) is 0 Å². The third-order valence-electron chi connectivity index (χ3n) is 4.07. The van der Waals surface area contributed by atoms with Crippen molar-refractivity contribution in [2.75, 3.05) is 26.4 Å². The molecule has 0 unspecified atom stereocenters. The first-order chi connectivity index (χ1) is 14.4. The summed E-state index contributed by atoms with van der Waals surface area (Å²) in [5.74, 6) is 3.33. The van der Waals surface area contributed by atoms with Crippen molar-refractivity contribution in [1.29, 1.82) is 0 Å². The first kappa shape index (κ1) is 25.1. The van der Waals surface area contributed by atoms with Gasteiger partial charge >= 0.3 is 0 Å². The molecule has 0 bridgehead atoms. The minimum Gasteiger partial charge on any atom is -0.333 e.